The molecule has 0 radical (unpaired) electrons. The molecule has 0 N–H and O–H groups in total. The molecule has 0 saturated carbocycles. The number of rotatable bonds is 5. The lowest BCUT2D eigenvalue weighted by atomic mass is 9.91. The number of nitrogens with zero attached hydrogens (tertiary/aromatic N) is 3. The van der Waals surface area contributed by atoms with E-state index in [9.17, 15) is 0 Å². The standard InChI is InChI=1S/C52H31N3O2/c1-2-8-32(9-3-1)35-22-36(33-14-16-51-45(28-33)43-10-4-6-12-49(43)56-51)24-37(23-35)39-25-38(34-15-17-52-46(29-34)44-11-5-7-13-50(44)57-52)26-40(27-39)55-47-30-53-20-18-41(47)42-19-21-54-31-48(42)55/h1-31H. The number of benzene rings is 7. The molecule has 0 atom stereocenters. The molecule has 0 fully saturated rings. The summed E-state index contributed by atoms with van der Waals surface area (Å²) < 4.78 is 14.8. The van der Waals surface area contributed by atoms with Gasteiger partial charge in [0.15, 0.2) is 0 Å². The van der Waals surface area contributed by atoms with Crippen LogP contribution in [0.5, 0.6) is 0 Å². The third-order valence-corrected chi connectivity index (χ3v) is 11.3. The zero-order valence-electron chi connectivity index (χ0n) is 30.6. The molecule has 0 aliphatic rings. The van der Waals surface area contributed by atoms with E-state index in [-0.39, 0.29) is 0 Å². The Kier molecular flexibility index (Phi) is 6.86. The molecule has 7 aromatic carbocycles. The summed E-state index contributed by atoms with van der Waals surface area (Å²) in [5.41, 5.74) is 15.6. The molecule has 0 bridgehead atoms. The van der Waals surface area contributed by atoms with Crippen LogP contribution in [0, 0.1) is 0 Å². The first-order valence-electron chi connectivity index (χ1n) is 19.1. The van der Waals surface area contributed by atoms with Crippen molar-refractivity contribution in [3.8, 4) is 50.2 Å². The average molecular weight is 730 g/mol. The van der Waals surface area contributed by atoms with Gasteiger partial charge in [0.2, 0.25) is 0 Å². The van der Waals surface area contributed by atoms with E-state index in [0.717, 1.165) is 116 Å². The molecule has 0 saturated heterocycles. The van der Waals surface area contributed by atoms with Crippen LogP contribution in [0.3, 0.4) is 0 Å². The summed E-state index contributed by atoms with van der Waals surface area (Å²) >= 11 is 0. The highest BCUT2D eigenvalue weighted by Crippen LogP contribution is 2.41. The van der Waals surface area contributed by atoms with E-state index in [1.54, 1.807) is 0 Å². The topological polar surface area (TPSA) is 57.0 Å². The van der Waals surface area contributed by atoms with Crippen molar-refractivity contribution in [2.24, 2.45) is 0 Å². The highest BCUT2D eigenvalue weighted by atomic mass is 16.3. The summed E-state index contributed by atoms with van der Waals surface area (Å²) in [6, 6.07) is 58.2. The molecule has 0 aliphatic carbocycles. The molecular formula is C52H31N3O2. The summed E-state index contributed by atoms with van der Waals surface area (Å²) in [6.45, 7) is 0. The largest absolute Gasteiger partial charge is 0.456 e. The van der Waals surface area contributed by atoms with Crippen molar-refractivity contribution < 1.29 is 8.83 Å². The van der Waals surface area contributed by atoms with E-state index in [2.05, 4.69) is 154 Å². The number of hydrogen-bond donors (Lipinski definition) is 0. The van der Waals surface area contributed by atoms with E-state index < -0.39 is 0 Å². The Bertz CT molecular complexity index is 3480. The number of aromatic nitrogens is 3. The molecule has 0 amide bonds. The summed E-state index contributed by atoms with van der Waals surface area (Å²) in [4.78, 5) is 9.16. The number of furan rings is 2. The smallest absolute Gasteiger partial charge is 0.135 e. The highest BCUT2D eigenvalue weighted by Gasteiger charge is 2.18. The van der Waals surface area contributed by atoms with Crippen LogP contribution in [0.2, 0.25) is 0 Å². The first kappa shape index (κ1) is 31.6. The SMILES string of the molecule is c1ccc(-c2cc(-c3cc(-c4ccc5oc6ccccc6c5c4)cc(-n4c5cnccc5c5ccncc54)c3)cc(-c3ccc4oc5ccccc5c4c3)c2)cc1. The number of para-hydroxylation sites is 2. The second kappa shape index (κ2) is 12.4. The molecule has 12 rings (SSSR count). The van der Waals surface area contributed by atoms with Crippen LogP contribution in [-0.4, -0.2) is 14.5 Å². The summed E-state index contributed by atoms with van der Waals surface area (Å²) in [6.07, 6.45) is 7.63. The fourth-order valence-corrected chi connectivity index (χ4v) is 8.64. The Labute approximate surface area is 326 Å². The molecule has 0 spiro atoms. The molecule has 0 unspecified atom stereocenters. The van der Waals surface area contributed by atoms with Gasteiger partial charge in [-0.2, -0.15) is 0 Å². The maximum Gasteiger partial charge on any atom is 0.135 e. The molecule has 12 aromatic rings. The Balaban J connectivity index is 1.13. The second-order valence-corrected chi connectivity index (χ2v) is 14.7. The molecule has 5 heteroatoms. The molecule has 5 nitrogen and oxygen atoms in total. The van der Waals surface area contributed by atoms with Gasteiger partial charge in [-0.25, -0.2) is 0 Å². The molecule has 57 heavy (non-hydrogen) atoms. The zero-order valence-corrected chi connectivity index (χ0v) is 30.6. The first-order valence-corrected chi connectivity index (χ1v) is 19.1. The van der Waals surface area contributed by atoms with E-state index in [0.29, 0.717) is 0 Å². The fraction of sp³-hybridized carbons (Fsp3) is 0. The van der Waals surface area contributed by atoms with Crippen LogP contribution in [-0.2, 0) is 0 Å². The molecule has 266 valence electrons. The summed E-state index contributed by atoms with van der Waals surface area (Å²) in [5, 5.41) is 6.69. The zero-order chi connectivity index (χ0) is 37.5. The van der Waals surface area contributed by atoms with Gasteiger partial charge >= 0.3 is 0 Å². The van der Waals surface area contributed by atoms with E-state index in [4.69, 9.17) is 8.83 Å². The van der Waals surface area contributed by atoms with Gasteiger partial charge in [0, 0.05) is 50.4 Å². The van der Waals surface area contributed by atoms with Gasteiger partial charge in [-0.3, -0.25) is 9.97 Å². The van der Waals surface area contributed by atoms with Gasteiger partial charge < -0.3 is 13.4 Å². The lowest BCUT2D eigenvalue weighted by Gasteiger charge is -2.16. The van der Waals surface area contributed by atoms with Gasteiger partial charge in [0.25, 0.3) is 0 Å². The van der Waals surface area contributed by atoms with E-state index >= 15 is 0 Å². The molecule has 0 aliphatic heterocycles. The lowest BCUT2D eigenvalue weighted by Crippen LogP contribution is -1.97. The van der Waals surface area contributed by atoms with Gasteiger partial charge in [0.05, 0.1) is 23.4 Å². The van der Waals surface area contributed by atoms with Gasteiger partial charge in [-0.1, -0.05) is 78.9 Å². The summed E-state index contributed by atoms with van der Waals surface area (Å²) in [5.74, 6) is 0. The predicted octanol–water partition coefficient (Wildman–Crippen LogP) is 14.0. The van der Waals surface area contributed by atoms with Crippen molar-refractivity contribution in [3.05, 3.63) is 189 Å². The normalized spacial score (nSPS) is 11.9. The Hall–Kier alpha value is -7.76. The van der Waals surface area contributed by atoms with Crippen LogP contribution in [0.4, 0.5) is 0 Å². The van der Waals surface area contributed by atoms with Crippen molar-refractivity contribution in [2.75, 3.05) is 0 Å². The molecular weight excluding hydrogens is 699 g/mol. The lowest BCUT2D eigenvalue weighted by molar-refractivity contribution is 0.668. The molecule has 5 aromatic heterocycles. The van der Waals surface area contributed by atoms with Crippen LogP contribution in [0.1, 0.15) is 0 Å². The third kappa shape index (κ3) is 5.10. The predicted molar refractivity (Wildman–Crippen MR) is 233 cm³/mol. The Morgan fingerprint density at radius 3 is 1.32 bits per heavy atom. The van der Waals surface area contributed by atoms with Crippen molar-refractivity contribution >= 4 is 65.7 Å². The van der Waals surface area contributed by atoms with Gasteiger partial charge in [-0.15, -0.1) is 0 Å². The average Bonchev–Trinajstić information content (AvgIpc) is 3.95. The maximum absolute atomic E-state index is 6.25. The highest BCUT2D eigenvalue weighted by molar-refractivity contribution is 6.10. The van der Waals surface area contributed by atoms with Crippen LogP contribution in [0.15, 0.2) is 197 Å². The van der Waals surface area contributed by atoms with Crippen molar-refractivity contribution in [2.45, 2.75) is 0 Å². The quantitative estimate of drug-likeness (QED) is 0.177. The minimum Gasteiger partial charge on any atom is -0.456 e. The monoisotopic (exact) mass is 729 g/mol. The number of fused-ring (bicyclic) bond motifs is 9. The van der Waals surface area contributed by atoms with E-state index in [1.165, 1.54) is 0 Å². The maximum atomic E-state index is 6.25. The third-order valence-electron chi connectivity index (χ3n) is 11.3. The van der Waals surface area contributed by atoms with Crippen LogP contribution in [0.25, 0.3) is 116 Å². The van der Waals surface area contributed by atoms with Crippen molar-refractivity contribution in [3.63, 3.8) is 0 Å². The van der Waals surface area contributed by atoms with Crippen molar-refractivity contribution in [1.82, 2.24) is 14.5 Å². The number of hydrogen-bond acceptors (Lipinski definition) is 4. The first-order chi connectivity index (χ1) is 28.2. The minimum atomic E-state index is 0.874. The Morgan fingerprint density at radius 2 is 0.754 bits per heavy atom. The van der Waals surface area contributed by atoms with Crippen molar-refractivity contribution in [1.29, 1.82) is 0 Å². The van der Waals surface area contributed by atoms with Crippen LogP contribution < -0.4 is 0 Å². The number of pyridine rings is 2. The minimum absolute atomic E-state index is 0.874. The Morgan fingerprint density at radius 1 is 0.316 bits per heavy atom. The van der Waals surface area contributed by atoms with E-state index in [1.807, 2.05) is 49.1 Å². The summed E-state index contributed by atoms with van der Waals surface area (Å²) in [7, 11) is 0. The molecule has 5 heterocycles. The van der Waals surface area contributed by atoms with Gasteiger partial charge in [0.1, 0.15) is 22.3 Å². The fourth-order valence-electron chi connectivity index (χ4n) is 8.64. The van der Waals surface area contributed by atoms with Gasteiger partial charge in [-0.05, 0) is 129 Å². The second-order valence-electron chi connectivity index (χ2n) is 14.7. The van der Waals surface area contributed by atoms with Crippen LogP contribution >= 0.6 is 0 Å².